The van der Waals surface area contributed by atoms with Crippen LogP contribution < -0.4 is 5.32 Å². The summed E-state index contributed by atoms with van der Waals surface area (Å²) in [7, 11) is -4.52. The number of halogens is 3. The summed E-state index contributed by atoms with van der Waals surface area (Å²) in [5.41, 5.74) is 0.196. The minimum Gasteiger partial charge on any atom is -0.319 e. The Bertz CT molecular complexity index is 1080. The van der Waals surface area contributed by atoms with E-state index in [9.17, 15) is 26.4 Å². The molecule has 26 heavy (non-hydrogen) atoms. The summed E-state index contributed by atoms with van der Waals surface area (Å²) < 4.78 is 65.5. The van der Waals surface area contributed by atoms with Crippen LogP contribution in [0.2, 0.25) is 0 Å². The van der Waals surface area contributed by atoms with Crippen LogP contribution in [-0.2, 0) is 10.0 Å². The molecule has 2 aromatic heterocycles. The molecule has 1 N–H and O–H groups in total. The van der Waals surface area contributed by atoms with Crippen LogP contribution in [0.4, 0.5) is 18.9 Å². The second-order valence-corrected chi connectivity index (χ2v) is 6.89. The SMILES string of the molecule is O=C(Nc1ccn(S(=O)(=O)c2ccc(F)c(F)c2F)c1)c1ccccn1. The number of hydrogen-bond donors (Lipinski definition) is 1. The van der Waals surface area contributed by atoms with E-state index >= 15 is 0 Å². The third-order valence-corrected chi connectivity index (χ3v) is 5.03. The van der Waals surface area contributed by atoms with Gasteiger partial charge in [-0.2, -0.15) is 0 Å². The second-order valence-electron chi connectivity index (χ2n) is 5.08. The molecule has 1 amide bonds. The van der Waals surface area contributed by atoms with Gasteiger partial charge in [-0.05, 0) is 30.3 Å². The highest BCUT2D eigenvalue weighted by Crippen LogP contribution is 2.23. The standard InChI is InChI=1S/C16H10F3N3O3S/c17-11-4-5-13(15(19)14(11)18)26(24,25)22-8-6-10(9-22)21-16(23)12-3-1-2-7-20-12/h1-9H,(H,21,23). The number of nitrogens with zero attached hydrogens (tertiary/aromatic N) is 2. The summed E-state index contributed by atoms with van der Waals surface area (Å²) in [6.45, 7) is 0. The van der Waals surface area contributed by atoms with Gasteiger partial charge in [0.15, 0.2) is 17.5 Å². The third kappa shape index (κ3) is 3.18. The minimum atomic E-state index is -4.52. The highest BCUT2D eigenvalue weighted by molar-refractivity contribution is 7.90. The molecule has 134 valence electrons. The van der Waals surface area contributed by atoms with Gasteiger partial charge in [0.25, 0.3) is 15.9 Å². The van der Waals surface area contributed by atoms with Crippen molar-refractivity contribution < 1.29 is 26.4 Å². The Labute approximate surface area is 146 Å². The predicted molar refractivity (Wildman–Crippen MR) is 85.5 cm³/mol. The molecule has 0 bridgehead atoms. The lowest BCUT2D eigenvalue weighted by Crippen LogP contribution is -2.15. The molecule has 0 saturated heterocycles. The van der Waals surface area contributed by atoms with Crippen LogP contribution in [0.1, 0.15) is 10.5 Å². The number of rotatable bonds is 4. The van der Waals surface area contributed by atoms with E-state index in [1.807, 2.05) is 0 Å². The first kappa shape index (κ1) is 17.7. The first-order chi connectivity index (χ1) is 12.3. The molecular weight excluding hydrogens is 371 g/mol. The molecule has 3 rings (SSSR count). The average molecular weight is 381 g/mol. The topological polar surface area (TPSA) is 81.1 Å². The second kappa shape index (κ2) is 6.64. The van der Waals surface area contributed by atoms with Gasteiger partial charge < -0.3 is 5.32 Å². The van der Waals surface area contributed by atoms with Gasteiger partial charge in [-0.1, -0.05) is 6.07 Å². The highest BCUT2D eigenvalue weighted by atomic mass is 32.2. The van der Waals surface area contributed by atoms with Crippen LogP contribution in [0.15, 0.2) is 59.9 Å². The maximum absolute atomic E-state index is 13.8. The molecule has 0 radical (unpaired) electrons. The summed E-state index contributed by atoms with van der Waals surface area (Å²) in [6, 6.07) is 7.06. The summed E-state index contributed by atoms with van der Waals surface area (Å²) in [4.78, 5) is 14.8. The summed E-state index contributed by atoms with van der Waals surface area (Å²) >= 11 is 0. The normalized spacial score (nSPS) is 11.3. The first-order valence-corrected chi connectivity index (χ1v) is 8.54. The molecule has 0 unspecified atom stereocenters. The van der Waals surface area contributed by atoms with Crippen LogP contribution in [0.3, 0.4) is 0 Å². The Kier molecular flexibility index (Phi) is 4.51. The lowest BCUT2D eigenvalue weighted by atomic mass is 10.3. The number of anilines is 1. The number of benzene rings is 1. The van der Waals surface area contributed by atoms with Crippen molar-refractivity contribution in [3.63, 3.8) is 0 Å². The number of carbonyl (C=O) groups excluding carboxylic acids is 1. The lowest BCUT2D eigenvalue weighted by molar-refractivity contribution is 0.102. The molecule has 0 saturated carbocycles. The van der Waals surface area contributed by atoms with Gasteiger partial charge >= 0.3 is 0 Å². The number of pyridine rings is 1. The first-order valence-electron chi connectivity index (χ1n) is 7.10. The number of hydrogen-bond acceptors (Lipinski definition) is 4. The fourth-order valence-corrected chi connectivity index (χ4v) is 3.37. The lowest BCUT2D eigenvalue weighted by Gasteiger charge is -2.07. The van der Waals surface area contributed by atoms with Crippen molar-refractivity contribution in [2.24, 2.45) is 0 Å². The molecule has 10 heteroatoms. The molecule has 0 fully saturated rings. The van der Waals surface area contributed by atoms with Crippen molar-refractivity contribution in [1.29, 1.82) is 0 Å². The molecule has 1 aromatic carbocycles. The van der Waals surface area contributed by atoms with Crippen molar-refractivity contribution in [3.8, 4) is 0 Å². The average Bonchev–Trinajstić information content (AvgIpc) is 3.09. The molecule has 3 aromatic rings. The Hall–Kier alpha value is -3.14. The Morgan fingerprint density at radius 2 is 1.81 bits per heavy atom. The zero-order chi connectivity index (χ0) is 18.9. The van der Waals surface area contributed by atoms with Gasteiger partial charge in [-0.3, -0.25) is 9.78 Å². The number of nitrogens with one attached hydrogen (secondary N) is 1. The quantitative estimate of drug-likeness (QED) is 0.705. The molecule has 0 aliphatic heterocycles. The monoisotopic (exact) mass is 381 g/mol. The van der Waals surface area contributed by atoms with E-state index in [4.69, 9.17) is 0 Å². The van der Waals surface area contributed by atoms with Crippen LogP contribution in [0, 0.1) is 17.5 Å². The van der Waals surface area contributed by atoms with E-state index in [2.05, 4.69) is 10.3 Å². The van der Waals surface area contributed by atoms with Gasteiger partial charge in [-0.25, -0.2) is 25.6 Å². The van der Waals surface area contributed by atoms with Crippen LogP contribution in [-0.4, -0.2) is 23.3 Å². The zero-order valence-corrected chi connectivity index (χ0v) is 13.7. The van der Waals surface area contributed by atoms with Crippen LogP contribution in [0.25, 0.3) is 0 Å². The minimum absolute atomic E-state index is 0.0900. The van der Waals surface area contributed by atoms with Crippen molar-refractivity contribution in [3.05, 3.63) is 78.1 Å². The van der Waals surface area contributed by atoms with Crippen molar-refractivity contribution in [2.45, 2.75) is 4.90 Å². The van der Waals surface area contributed by atoms with E-state index in [1.54, 1.807) is 12.1 Å². The number of carbonyl (C=O) groups is 1. The van der Waals surface area contributed by atoms with Crippen LogP contribution >= 0.6 is 0 Å². The zero-order valence-electron chi connectivity index (χ0n) is 12.9. The fraction of sp³-hybridized carbons (Fsp3) is 0. The molecular formula is C16H10F3N3O3S. The largest absolute Gasteiger partial charge is 0.319 e. The summed E-state index contributed by atoms with van der Waals surface area (Å²) in [5.74, 6) is -5.79. The van der Waals surface area contributed by atoms with E-state index in [1.165, 1.54) is 18.3 Å². The Balaban J connectivity index is 1.90. The van der Waals surface area contributed by atoms with Crippen molar-refractivity contribution in [1.82, 2.24) is 8.96 Å². The van der Waals surface area contributed by atoms with Crippen molar-refractivity contribution in [2.75, 3.05) is 5.32 Å². The van der Waals surface area contributed by atoms with E-state index in [0.717, 1.165) is 12.4 Å². The van der Waals surface area contributed by atoms with Gasteiger partial charge in [0, 0.05) is 18.6 Å². The summed E-state index contributed by atoms with van der Waals surface area (Å²) in [5, 5.41) is 2.42. The van der Waals surface area contributed by atoms with Gasteiger partial charge in [0.05, 0.1) is 5.69 Å². The molecule has 0 atom stereocenters. The Morgan fingerprint density at radius 1 is 1.04 bits per heavy atom. The molecule has 0 spiro atoms. The third-order valence-electron chi connectivity index (χ3n) is 3.38. The molecule has 6 nitrogen and oxygen atoms in total. The predicted octanol–water partition coefficient (Wildman–Crippen LogP) is 2.79. The van der Waals surface area contributed by atoms with E-state index < -0.39 is 38.3 Å². The number of aromatic nitrogens is 2. The number of amides is 1. The summed E-state index contributed by atoms with van der Waals surface area (Å²) in [6.07, 6.45) is 3.44. The maximum Gasteiger partial charge on any atom is 0.274 e. The Morgan fingerprint density at radius 3 is 2.50 bits per heavy atom. The molecule has 0 aliphatic rings. The smallest absolute Gasteiger partial charge is 0.274 e. The highest BCUT2D eigenvalue weighted by Gasteiger charge is 2.25. The van der Waals surface area contributed by atoms with Gasteiger partial charge in [0.1, 0.15) is 10.6 Å². The van der Waals surface area contributed by atoms with E-state index in [-0.39, 0.29) is 11.4 Å². The van der Waals surface area contributed by atoms with E-state index in [0.29, 0.717) is 16.1 Å². The maximum atomic E-state index is 13.8. The van der Waals surface area contributed by atoms with Gasteiger partial charge in [-0.15, -0.1) is 0 Å². The fourth-order valence-electron chi connectivity index (χ4n) is 2.11. The van der Waals surface area contributed by atoms with Gasteiger partial charge in [0.2, 0.25) is 0 Å². The molecule has 2 heterocycles. The molecule has 0 aliphatic carbocycles. The van der Waals surface area contributed by atoms with Crippen LogP contribution in [0.5, 0.6) is 0 Å². The van der Waals surface area contributed by atoms with Crippen molar-refractivity contribution >= 4 is 21.6 Å².